The van der Waals surface area contributed by atoms with Crippen molar-refractivity contribution in [2.45, 2.75) is 107 Å². The van der Waals surface area contributed by atoms with Crippen molar-refractivity contribution in [2.75, 3.05) is 25.5 Å². The Morgan fingerprint density at radius 1 is 1.04 bits per heavy atom. The van der Waals surface area contributed by atoms with E-state index in [1.165, 1.54) is 6.92 Å². The summed E-state index contributed by atoms with van der Waals surface area (Å²) in [6.07, 6.45) is 17.4. The van der Waals surface area contributed by atoms with Gasteiger partial charge in [-0.3, -0.25) is 19.2 Å². The molecule has 1 fully saturated rings. The van der Waals surface area contributed by atoms with E-state index in [0.717, 1.165) is 48.9 Å². The van der Waals surface area contributed by atoms with E-state index in [1.807, 2.05) is 123 Å². The predicted octanol–water partition coefficient (Wildman–Crippen LogP) is 7.48. The van der Waals surface area contributed by atoms with Crippen LogP contribution in [0, 0.1) is 5.41 Å². The van der Waals surface area contributed by atoms with E-state index < -0.39 is 6.04 Å². The Kier molecular flexibility index (Phi) is 24.2. The summed E-state index contributed by atoms with van der Waals surface area (Å²) in [4.78, 5) is 52.0. The smallest absolute Gasteiger partial charge is 0.259 e. The maximum atomic E-state index is 13.2. The molecule has 1 aliphatic rings. The highest BCUT2D eigenvalue weighted by Crippen LogP contribution is 2.19. The number of rotatable bonds is 16. The van der Waals surface area contributed by atoms with Crippen LogP contribution in [0.15, 0.2) is 89.4 Å². The standard InChI is InChI=1S/C30H42N4O3.C10H16N2O2.C2H6/c1-8-20-34(30(37)28(11-4)22(5)31-7)23(6)29(36)33-26(10-3)17-14-24(9-2)12-13-25-15-18-27(19-16-25)32-21-35;1-7-4-3-5-12(7)10(14)9(6-13)8(2)11;1-2/h9-19,21-23,31H,8,20H2,1-7H3,(H,32,35)(H,33,36);6-7,11,13H,3-5H2,1-2H3;1-2H3/b13-12+,17-14-,24-9-,26-10+,28-11+;9-6+,11-8?;. The average Bonchev–Trinajstić information content (AvgIpc) is 3.60. The minimum Gasteiger partial charge on any atom is -0.515 e. The van der Waals surface area contributed by atoms with E-state index in [4.69, 9.17) is 10.5 Å². The fourth-order valence-electron chi connectivity index (χ4n) is 5.28. The molecule has 292 valence electrons. The molecular weight excluding hydrogens is 668 g/mol. The molecule has 53 heavy (non-hydrogen) atoms. The van der Waals surface area contributed by atoms with Crippen molar-refractivity contribution in [2.24, 2.45) is 0 Å². The monoisotopic (exact) mass is 732 g/mol. The van der Waals surface area contributed by atoms with Crippen LogP contribution in [0.25, 0.3) is 6.08 Å². The van der Waals surface area contributed by atoms with Crippen LogP contribution < -0.4 is 16.0 Å². The highest BCUT2D eigenvalue weighted by atomic mass is 16.2. The number of likely N-dealkylation sites (N-methyl/N-ethyl adjacent to an activating group) is 1. The largest absolute Gasteiger partial charge is 0.515 e. The van der Waals surface area contributed by atoms with Gasteiger partial charge in [0.25, 0.3) is 11.8 Å². The Morgan fingerprint density at radius 2 is 1.68 bits per heavy atom. The number of hydrogen-bond acceptors (Lipinski definition) is 7. The van der Waals surface area contributed by atoms with E-state index >= 15 is 0 Å². The summed E-state index contributed by atoms with van der Waals surface area (Å²) in [7, 11) is 1.81. The third kappa shape index (κ3) is 16.0. The molecule has 5 N–H and O–H groups in total. The Bertz CT molecular complexity index is 1520. The summed E-state index contributed by atoms with van der Waals surface area (Å²) in [5.41, 5.74) is 4.17. The summed E-state index contributed by atoms with van der Waals surface area (Å²) >= 11 is 0. The Morgan fingerprint density at radius 3 is 2.13 bits per heavy atom. The van der Waals surface area contributed by atoms with Gasteiger partial charge >= 0.3 is 0 Å². The number of carbonyl (C=O) groups excluding carboxylic acids is 4. The number of carbonyl (C=O) groups is 4. The van der Waals surface area contributed by atoms with Crippen molar-refractivity contribution in [1.29, 1.82) is 5.41 Å². The number of nitrogens with one attached hydrogen (secondary N) is 4. The van der Waals surface area contributed by atoms with Crippen LogP contribution in [0.4, 0.5) is 5.69 Å². The van der Waals surface area contributed by atoms with Crippen LogP contribution in [-0.4, -0.2) is 83.0 Å². The number of aliphatic hydroxyl groups is 1. The average molecular weight is 733 g/mol. The zero-order chi connectivity index (χ0) is 40.5. The van der Waals surface area contributed by atoms with E-state index in [2.05, 4.69) is 16.0 Å². The first-order chi connectivity index (χ1) is 25.3. The maximum absolute atomic E-state index is 13.2. The predicted molar refractivity (Wildman–Crippen MR) is 220 cm³/mol. The number of hydrogen-bond donors (Lipinski definition) is 5. The van der Waals surface area contributed by atoms with E-state index in [0.29, 0.717) is 24.2 Å². The topological polar surface area (TPSA) is 155 Å². The lowest BCUT2D eigenvalue weighted by Crippen LogP contribution is -2.50. The number of aliphatic hydroxyl groups excluding tert-OH is 1. The lowest BCUT2D eigenvalue weighted by molar-refractivity contribution is -0.137. The van der Waals surface area contributed by atoms with Gasteiger partial charge in [-0.2, -0.15) is 0 Å². The zero-order valence-electron chi connectivity index (χ0n) is 33.7. The summed E-state index contributed by atoms with van der Waals surface area (Å²) in [5, 5.41) is 24.9. The molecule has 2 rings (SSSR count). The van der Waals surface area contributed by atoms with Crippen molar-refractivity contribution in [3.05, 3.63) is 95.0 Å². The minimum atomic E-state index is -0.632. The molecular formula is C42H64N6O5. The van der Waals surface area contributed by atoms with Crippen molar-refractivity contribution in [3.63, 3.8) is 0 Å². The van der Waals surface area contributed by atoms with Gasteiger partial charge in [0.2, 0.25) is 12.3 Å². The number of anilines is 1. The third-order valence-corrected chi connectivity index (χ3v) is 8.58. The SMILES string of the molecule is C/C=C(\C=C/C(=C\C)NC(=O)C(C)N(CCC)C(=O)/C(=C/C)C(C)NC)/C=C/c1ccc(NC=O)cc1.CC.CC(=N)/C(=C\O)C(=O)N1CCCC1C. The van der Waals surface area contributed by atoms with Crippen molar-refractivity contribution in [1.82, 2.24) is 20.4 Å². The van der Waals surface area contributed by atoms with Gasteiger partial charge in [0.15, 0.2) is 0 Å². The van der Waals surface area contributed by atoms with Gasteiger partial charge in [0, 0.05) is 47.8 Å². The Labute approximate surface area is 318 Å². The molecule has 3 atom stereocenters. The van der Waals surface area contributed by atoms with E-state index in [1.54, 1.807) is 22.8 Å². The van der Waals surface area contributed by atoms with Gasteiger partial charge in [-0.15, -0.1) is 0 Å². The van der Waals surface area contributed by atoms with Gasteiger partial charge < -0.3 is 36.3 Å². The van der Waals surface area contributed by atoms with E-state index in [9.17, 15) is 19.2 Å². The zero-order valence-corrected chi connectivity index (χ0v) is 33.7. The summed E-state index contributed by atoms with van der Waals surface area (Å²) in [5.74, 6) is -0.610. The number of nitrogens with zero attached hydrogens (tertiary/aromatic N) is 2. The first-order valence-corrected chi connectivity index (χ1v) is 18.5. The molecule has 1 aromatic carbocycles. The van der Waals surface area contributed by atoms with Crippen LogP contribution in [0.1, 0.15) is 94.1 Å². The number of allylic oxidation sites excluding steroid dienone is 7. The number of likely N-dealkylation sites (tertiary alicyclic amines) is 1. The Hall–Kier alpha value is -5.03. The molecule has 3 unspecified atom stereocenters. The van der Waals surface area contributed by atoms with Crippen LogP contribution >= 0.6 is 0 Å². The van der Waals surface area contributed by atoms with Crippen LogP contribution in [0.5, 0.6) is 0 Å². The van der Waals surface area contributed by atoms with Crippen LogP contribution in [0.2, 0.25) is 0 Å². The normalized spacial score (nSPS) is 16.2. The second-order valence-corrected chi connectivity index (χ2v) is 12.2. The number of amides is 4. The molecule has 4 amide bonds. The first-order valence-electron chi connectivity index (χ1n) is 18.5. The van der Waals surface area contributed by atoms with Gasteiger partial charge in [-0.25, -0.2) is 0 Å². The fourth-order valence-corrected chi connectivity index (χ4v) is 5.28. The molecule has 1 aromatic rings. The Balaban J connectivity index is 0.00000140. The van der Waals surface area contributed by atoms with E-state index in [-0.39, 0.29) is 41.1 Å². The van der Waals surface area contributed by atoms with Gasteiger partial charge in [-0.1, -0.05) is 69.4 Å². The van der Waals surface area contributed by atoms with Gasteiger partial charge in [-0.05, 0) is 104 Å². The van der Waals surface area contributed by atoms with Crippen molar-refractivity contribution >= 4 is 41.6 Å². The summed E-state index contributed by atoms with van der Waals surface area (Å²) < 4.78 is 0. The highest BCUT2D eigenvalue weighted by molar-refractivity contribution is 6.19. The third-order valence-electron chi connectivity index (χ3n) is 8.58. The molecule has 1 aliphatic heterocycles. The molecule has 1 heterocycles. The second kappa shape index (κ2) is 26.7. The minimum absolute atomic E-state index is 0.0961. The lowest BCUT2D eigenvalue weighted by atomic mass is 10.1. The highest BCUT2D eigenvalue weighted by Gasteiger charge is 2.29. The first kappa shape index (κ1) is 48.0. The fraction of sp³-hybridized carbons (Fsp3) is 0.452. The van der Waals surface area contributed by atoms with Crippen molar-refractivity contribution < 1.29 is 24.3 Å². The molecule has 0 radical (unpaired) electrons. The quantitative estimate of drug-likeness (QED) is 0.0391. The van der Waals surface area contributed by atoms with Crippen LogP contribution in [-0.2, 0) is 19.2 Å². The van der Waals surface area contributed by atoms with Crippen molar-refractivity contribution in [3.8, 4) is 0 Å². The maximum Gasteiger partial charge on any atom is 0.259 e. The molecule has 1 saturated heterocycles. The number of benzene rings is 1. The molecule has 0 saturated carbocycles. The molecule has 0 bridgehead atoms. The second-order valence-electron chi connectivity index (χ2n) is 12.2. The van der Waals surface area contributed by atoms with Crippen LogP contribution in [0.3, 0.4) is 0 Å². The summed E-state index contributed by atoms with van der Waals surface area (Å²) in [6, 6.07) is 6.97. The molecule has 11 nitrogen and oxygen atoms in total. The molecule has 0 aromatic heterocycles. The molecule has 0 spiro atoms. The lowest BCUT2D eigenvalue weighted by Gasteiger charge is -2.30. The summed E-state index contributed by atoms with van der Waals surface area (Å²) in [6.45, 7) is 20.0. The molecule has 0 aliphatic carbocycles. The molecule has 11 heteroatoms. The van der Waals surface area contributed by atoms with Gasteiger partial charge in [0.1, 0.15) is 6.04 Å². The van der Waals surface area contributed by atoms with Gasteiger partial charge in [0.05, 0.1) is 11.8 Å².